The molecule has 1 aliphatic rings. The number of aromatic amines is 1. The van der Waals surface area contributed by atoms with Crippen LogP contribution in [0.25, 0.3) is 16.7 Å². The van der Waals surface area contributed by atoms with Crippen LogP contribution < -0.4 is 15.3 Å². The first-order valence-electron chi connectivity index (χ1n) is 8.94. The van der Waals surface area contributed by atoms with Gasteiger partial charge in [-0.1, -0.05) is 41.9 Å². The average molecular weight is 391 g/mol. The molecule has 0 radical (unpaired) electrons. The lowest BCUT2D eigenvalue weighted by Crippen LogP contribution is -2.39. The SMILES string of the molecule is Cc1[nH][n+](-c2ccccc2)c2nc3c(cc12)C(=O)N[C@@H](c1ccc(Cl)cc1)N3. The molecule has 0 bridgehead atoms. The maximum Gasteiger partial charge on any atom is 0.358 e. The minimum Gasteiger partial charge on any atom is -0.328 e. The van der Waals surface area contributed by atoms with Gasteiger partial charge in [-0.2, -0.15) is 0 Å². The van der Waals surface area contributed by atoms with Gasteiger partial charge in [-0.15, -0.1) is 4.68 Å². The molecule has 0 saturated carbocycles. The first-order chi connectivity index (χ1) is 13.6. The molecule has 3 heterocycles. The monoisotopic (exact) mass is 390 g/mol. The van der Waals surface area contributed by atoms with Crippen LogP contribution in [-0.2, 0) is 0 Å². The zero-order valence-electron chi connectivity index (χ0n) is 15.0. The number of carbonyl (C=O) groups is 1. The van der Waals surface area contributed by atoms with Gasteiger partial charge in [0.2, 0.25) is 0 Å². The molecule has 7 heteroatoms. The van der Waals surface area contributed by atoms with Gasteiger partial charge in [-0.05, 0) is 47.8 Å². The molecular formula is C21H17ClN5O+. The molecule has 0 fully saturated rings. The van der Waals surface area contributed by atoms with Crippen LogP contribution in [0.3, 0.4) is 0 Å². The van der Waals surface area contributed by atoms with Crippen molar-refractivity contribution >= 4 is 34.4 Å². The zero-order chi connectivity index (χ0) is 19.3. The van der Waals surface area contributed by atoms with Crippen LogP contribution in [0, 0.1) is 6.92 Å². The minimum absolute atomic E-state index is 0.157. The van der Waals surface area contributed by atoms with E-state index in [1.54, 1.807) is 12.1 Å². The Kier molecular flexibility index (Phi) is 3.80. The van der Waals surface area contributed by atoms with E-state index in [1.807, 2.05) is 60.1 Å². The highest BCUT2D eigenvalue weighted by Gasteiger charge is 2.32. The number of rotatable bonds is 2. The van der Waals surface area contributed by atoms with E-state index in [-0.39, 0.29) is 12.1 Å². The number of benzene rings is 2. The number of hydrogen-bond acceptors (Lipinski definition) is 3. The molecule has 1 aliphatic heterocycles. The molecule has 4 aromatic rings. The van der Waals surface area contributed by atoms with Gasteiger partial charge in [0, 0.05) is 5.02 Å². The molecular weight excluding hydrogens is 374 g/mol. The third kappa shape index (κ3) is 2.70. The number of amides is 1. The number of aromatic nitrogens is 3. The van der Waals surface area contributed by atoms with Crippen LogP contribution in [0.1, 0.15) is 27.8 Å². The second-order valence-corrected chi connectivity index (χ2v) is 7.20. The number of anilines is 1. The van der Waals surface area contributed by atoms with Crippen molar-refractivity contribution in [1.82, 2.24) is 15.4 Å². The lowest BCUT2D eigenvalue weighted by atomic mass is 10.1. The van der Waals surface area contributed by atoms with E-state index < -0.39 is 0 Å². The highest BCUT2D eigenvalue weighted by molar-refractivity contribution is 6.30. The smallest absolute Gasteiger partial charge is 0.328 e. The summed E-state index contributed by atoms with van der Waals surface area (Å²) in [6.45, 7) is 1.97. The van der Waals surface area contributed by atoms with Gasteiger partial charge in [0.25, 0.3) is 11.7 Å². The normalized spacial score (nSPS) is 15.8. The Hall–Kier alpha value is -3.38. The van der Waals surface area contributed by atoms with Crippen molar-refractivity contribution < 1.29 is 9.48 Å². The Morgan fingerprint density at radius 2 is 1.79 bits per heavy atom. The minimum atomic E-state index is -0.368. The summed E-state index contributed by atoms with van der Waals surface area (Å²) in [6.07, 6.45) is -0.368. The molecule has 0 unspecified atom stereocenters. The molecule has 3 N–H and O–H groups in total. The largest absolute Gasteiger partial charge is 0.358 e. The molecule has 5 rings (SSSR count). The van der Waals surface area contributed by atoms with Gasteiger partial charge in [0.05, 0.1) is 11.1 Å². The first-order valence-corrected chi connectivity index (χ1v) is 9.31. The van der Waals surface area contributed by atoms with E-state index in [9.17, 15) is 4.79 Å². The summed E-state index contributed by atoms with van der Waals surface area (Å²) in [5, 5.41) is 11.2. The molecule has 2 aromatic carbocycles. The number of pyridine rings is 1. The number of carbonyl (C=O) groups excluding carboxylic acids is 1. The maximum atomic E-state index is 12.7. The van der Waals surface area contributed by atoms with Crippen molar-refractivity contribution in [3.05, 3.63) is 82.5 Å². The van der Waals surface area contributed by atoms with Crippen molar-refractivity contribution in [2.75, 3.05) is 5.32 Å². The Labute approximate surface area is 166 Å². The fourth-order valence-electron chi connectivity index (χ4n) is 3.48. The molecule has 6 nitrogen and oxygen atoms in total. The van der Waals surface area contributed by atoms with Crippen molar-refractivity contribution in [1.29, 1.82) is 0 Å². The topological polar surface area (TPSA) is 73.7 Å². The first kappa shape index (κ1) is 16.8. The summed E-state index contributed by atoms with van der Waals surface area (Å²) < 4.78 is 1.93. The third-order valence-electron chi connectivity index (χ3n) is 4.92. The number of hydrogen-bond donors (Lipinski definition) is 3. The molecule has 138 valence electrons. The van der Waals surface area contributed by atoms with Crippen LogP contribution in [0.5, 0.6) is 0 Å². The van der Waals surface area contributed by atoms with Gasteiger partial charge in [0.1, 0.15) is 11.7 Å². The number of nitrogens with zero attached hydrogens (tertiary/aromatic N) is 2. The molecule has 1 atom stereocenters. The highest BCUT2D eigenvalue weighted by atomic mass is 35.5. The van der Waals surface area contributed by atoms with Crippen molar-refractivity contribution in [3.63, 3.8) is 0 Å². The fourth-order valence-corrected chi connectivity index (χ4v) is 3.61. The summed E-state index contributed by atoms with van der Waals surface area (Å²) in [7, 11) is 0. The maximum absolute atomic E-state index is 12.7. The predicted octanol–water partition coefficient (Wildman–Crippen LogP) is 3.66. The van der Waals surface area contributed by atoms with Gasteiger partial charge >= 0.3 is 5.65 Å². The number of aryl methyl sites for hydroxylation is 1. The van der Waals surface area contributed by atoms with Crippen LogP contribution in [0.4, 0.5) is 5.82 Å². The molecule has 1 amide bonds. The Balaban J connectivity index is 1.63. The zero-order valence-corrected chi connectivity index (χ0v) is 15.8. The number of para-hydroxylation sites is 1. The Bertz CT molecular complexity index is 1200. The van der Waals surface area contributed by atoms with Crippen molar-refractivity contribution in [2.24, 2.45) is 0 Å². The lowest BCUT2D eigenvalue weighted by molar-refractivity contribution is -0.632. The summed E-state index contributed by atoms with van der Waals surface area (Å²) in [5.41, 5.74) is 4.12. The standard InChI is InChI=1S/C21H16ClN5O/c1-12-16-11-17-19(24-20(16)27(26-12)15-5-3-2-4-6-15)23-18(25-21(17)28)13-7-9-14(22)10-8-13/h2-11,18H,1H3,(H2,23,24,25,26,28)/p+1/t18-/m0/s1. The Morgan fingerprint density at radius 3 is 2.54 bits per heavy atom. The van der Waals surface area contributed by atoms with E-state index in [0.717, 1.165) is 28.0 Å². The van der Waals surface area contributed by atoms with Crippen LogP contribution in [-0.4, -0.2) is 16.0 Å². The number of halogens is 1. The fraction of sp³-hybridized carbons (Fsp3) is 0.0952. The van der Waals surface area contributed by atoms with E-state index in [1.165, 1.54) is 0 Å². The van der Waals surface area contributed by atoms with E-state index in [0.29, 0.717) is 16.4 Å². The molecule has 0 spiro atoms. The predicted molar refractivity (Wildman–Crippen MR) is 108 cm³/mol. The van der Waals surface area contributed by atoms with Gasteiger partial charge < -0.3 is 10.6 Å². The van der Waals surface area contributed by atoms with Crippen molar-refractivity contribution in [2.45, 2.75) is 13.1 Å². The molecule has 2 aromatic heterocycles. The summed E-state index contributed by atoms with van der Waals surface area (Å²) in [4.78, 5) is 17.5. The molecule has 28 heavy (non-hydrogen) atoms. The summed E-state index contributed by atoms with van der Waals surface area (Å²) in [6, 6.07) is 19.2. The second kappa shape index (κ2) is 6.35. The second-order valence-electron chi connectivity index (χ2n) is 6.77. The molecule has 0 aliphatic carbocycles. The van der Waals surface area contributed by atoms with E-state index in [2.05, 4.69) is 15.7 Å². The van der Waals surface area contributed by atoms with E-state index >= 15 is 0 Å². The van der Waals surface area contributed by atoms with Crippen LogP contribution in [0.15, 0.2) is 60.7 Å². The third-order valence-corrected chi connectivity index (χ3v) is 5.17. The number of nitrogens with one attached hydrogen (secondary N) is 3. The quantitative estimate of drug-likeness (QED) is 0.457. The van der Waals surface area contributed by atoms with Crippen LogP contribution in [0.2, 0.25) is 5.02 Å². The average Bonchev–Trinajstić information content (AvgIpc) is 3.04. The van der Waals surface area contributed by atoms with Crippen molar-refractivity contribution in [3.8, 4) is 5.69 Å². The molecule has 0 saturated heterocycles. The van der Waals surface area contributed by atoms with E-state index in [4.69, 9.17) is 16.6 Å². The van der Waals surface area contributed by atoms with Gasteiger partial charge in [0.15, 0.2) is 5.69 Å². The van der Waals surface area contributed by atoms with Gasteiger partial charge in [-0.3, -0.25) is 4.79 Å². The highest BCUT2D eigenvalue weighted by Crippen LogP contribution is 2.28. The van der Waals surface area contributed by atoms with Gasteiger partial charge in [-0.25, -0.2) is 5.10 Å². The summed E-state index contributed by atoms with van der Waals surface area (Å²) >= 11 is 5.98. The Morgan fingerprint density at radius 1 is 1.04 bits per heavy atom. The number of fused-ring (bicyclic) bond motifs is 2. The number of H-pyrrole nitrogens is 1. The van der Waals surface area contributed by atoms with Crippen LogP contribution >= 0.6 is 11.6 Å². The lowest BCUT2D eigenvalue weighted by Gasteiger charge is -2.25. The summed E-state index contributed by atoms with van der Waals surface area (Å²) in [5.74, 6) is 0.398.